The lowest BCUT2D eigenvalue weighted by atomic mass is 10.1. The van der Waals surface area contributed by atoms with Gasteiger partial charge in [-0.15, -0.1) is 0 Å². The fourth-order valence-corrected chi connectivity index (χ4v) is 4.55. The van der Waals surface area contributed by atoms with Crippen LogP contribution in [0.4, 0.5) is 0 Å². The van der Waals surface area contributed by atoms with Gasteiger partial charge in [0.2, 0.25) is 5.17 Å². The van der Waals surface area contributed by atoms with Crippen molar-refractivity contribution in [3.63, 3.8) is 0 Å². The van der Waals surface area contributed by atoms with Crippen LogP contribution in [0, 0.1) is 19.3 Å². The molecule has 0 saturated heterocycles. The van der Waals surface area contributed by atoms with Crippen molar-refractivity contribution in [2.45, 2.75) is 33.6 Å². The van der Waals surface area contributed by atoms with Gasteiger partial charge >= 0.3 is 0 Å². The number of thioether (sulfide) groups is 1. The Bertz CT molecular complexity index is 1130. The van der Waals surface area contributed by atoms with E-state index in [1.54, 1.807) is 13.2 Å². The number of hydrazone groups is 1. The molecule has 8 heteroatoms. The molecule has 4 rings (SSSR count). The van der Waals surface area contributed by atoms with E-state index < -0.39 is 5.91 Å². The molecule has 0 aliphatic carbocycles. The molecule has 0 atom stereocenters. The number of amides is 1. The number of aliphatic imine (C=N–C) groups is 1. The zero-order valence-electron chi connectivity index (χ0n) is 17.4. The highest BCUT2D eigenvalue weighted by atomic mass is 32.2. The quantitative estimate of drug-likeness (QED) is 0.720. The number of nitrogens with zero attached hydrogens (tertiary/aromatic N) is 4. The Kier molecular flexibility index (Phi) is 5.34. The number of rotatable bonds is 5. The summed E-state index contributed by atoms with van der Waals surface area (Å²) in [5, 5.41) is 15.8. The number of carbonyl (C=O) groups is 1. The van der Waals surface area contributed by atoms with E-state index in [9.17, 15) is 4.79 Å². The van der Waals surface area contributed by atoms with Gasteiger partial charge in [0.25, 0.3) is 5.91 Å². The van der Waals surface area contributed by atoms with Gasteiger partial charge in [0.15, 0.2) is 5.84 Å². The zero-order chi connectivity index (χ0) is 21.4. The van der Waals surface area contributed by atoms with E-state index in [-0.39, 0.29) is 11.4 Å². The first-order valence-corrected chi connectivity index (χ1v) is 10.6. The van der Waals surface area contributed by atoms with Gasteiger partial charge in [-0.2, -0.15) is 15.1 Å². The van der Waals surface area contributed by atoms with Crippen molar-refractivity contribution in [2.24, 2.45) is 10.1 Å². The number of aromatic nitrogens is 1. The molecule has 0 radical (unpaired) electrons. The number of aryl methyl sites for hydroxylation is 1. The summed E-state index contributed by atoms with van der Waals surface area (Å²) in [6.07, 6.45) is 3.50. The molecule has 1 aromatic heterocycles. The lowest BCUT2D eigenvalue weighted by molar-refractivity contribution is -0.114. The number of benzene rings is 1. The molecule has 1 aromatic carbocycles. The van der Waals surface area contributed by atoms with E-state index in [1.165, 1.54) is 16.8 Å². The molecule has 7 nitrogen and oxygen atoms in total. The average molecular weight is 422 g/mol. The number of methoxy groups -OCH3 is 1. The fraction of sp³-hybridized carbons (Fsp3) is 0.273. The van der Waals surface area contributed by atoms with Crippen LogP contribution in [-0.2, 0) is 4.79 Å². The van der Waals surface area contributed by atoms with Crippen molar-refractivity contribution >= 4 is 39.8 Å². The second-order valence-electron chi connectivity index (χ2n) is 7.12. The minimum absolute atomic E-state index is 0.0675. The Hall–Kier alpha value is -3.13. The number of ether oxygens (including phenoxy) is 1. The molecule has 154 valence electrons. The highest BCUT2D eigenvalue weighted by molar-refractivity contribution is 8.26. The molecule has 1 N–H and O–H groups in total. The van der Waals surface area contributed by atoms with Crippen LogP contribution in [0.25, 0.3) is 11.8 Å². The van der Waals surface area contributed by atoms with E-state index in [0.29, 0.717) is 5.17 Å². The number of amidine groups is 2. The monoisotopic (exact) mass is 421 g/mol. The Morgan fingerprint density at radius 1 is 1.23 bits per heavy atom. The second kappa shape index (κ2) is 7.95. The number of fused-ring (bicyclic) bond motifs is 1. The first kappa shape index (κ1) is 20.2. The Labute approximate surface area is 179 Å². The van der Waals surface area contributed by atoms with E-state index >= 15 is 0 Å². The summed E-state index contributed by atoms with van der Waals surface area (Å²) >= 11 is 1.37. The third-order valence-electron chi connectivity index (χ3n) is 5.06. The van der Waals surface area contributed by atoms with Crippen LogP contribution < -0.4 is 4.74 Å². The largest absolute Gasteiger partial charge is 0.497 e. The Morgan fingerprint density at radius 3 is 2.63 bits per heavy atom. The van der Waals surface area contributed by atoms with Crippen molar-refractivity contribution in [2.75, 3.05) is 7.11 Å². The van der Waals surface area contributed by atoms with Crippen LogP contribution in [0.15, 0.2) is 46.0 Å². The van der Waals surface area contributed by atoms with E-state index in [1.807, 2.05) is 44.2 Å². The summed E-state index contributed by atoms with van der Waals surface area (Å²) in [5.41, 5.74) is 4.14. The average Bonchev–Trinajstić information content (AvgIpc) is 3.25. The van der Waals surface area contributed by atoms with Crippen molar-refractivity contribution in [3.8, 4) is 11.4 Å². The van der Waals surface area contributed by atoms with E-state index in [0.717, 1.165) is 46.3 Å². The Morgan fingerprint density at radius 2 is 1.97 bits per heavy atom. The molecule has 2 aromatic rings. The molecule has 0 saturated carbocycles. The predicted octanol–water partition coefficient (Wildman–Crippen LogP) is 4.52. The van der Waals surface area contributed by atoms with Crippen molar-refractivity contribution in [1.82, 2.24) is 9.58 Å². The maximum atomic E-state index is 12.7. The van der Waals surface area contributed by atoms with Crippen LogP contribution in [0.1, 0.15) is 36.7 Å². The van der Waals surface area contributed by atoms with Gasteiger partial charge in [-0.1, -0.05) is 6.92 Å². The third-order valence-corrected chi connectivity index (χ3v) is 6.03. The molecule has 0 bridgehead atoms. The maximum Gasteiger partial charge on any atom is 0.283 e. The molecular formula is C22H23N5O2S. The van der Waals surface area contributed by atoms with Gasteiger partial charge in [0.05, 0.1) is 12.7 Å². The van der Waals surface area contributed by atoms with Crippen LogP contribution in [0.2, 0.25) is 0 Å². The standard InChI is InChI=1S/C22H23N5O2S/c1-5-6-19-25-27-20(23)18(21(28)24-22(27)30-19)12-15-11-13(2)26(14(15)3)16-7-9-17(29-4)10-8-16/h7-12,23H,5-6H2,1-4H3/b18-12-,23-20?. The maximum absolute atomic E-state index is 12.7. The molecule has 0 unspecified atom stereocenters. The third kappa shape index (κ3) is 3.47. The van der Waals surface area contributed by atoms with Gasteiger partial charge in [0, 0.05) is 17.1 Å². The SMILES string of the molecule is CCCC1=NN2C(=N)/C(=C/c3cc(C)n(-c4ccc(OC)cc4)c3C)C(=O)N=C2S1. The minimum atomic E-state index is -0.402. The molecule has 30 heavy (non-hydrogen) atoms. The summed E-state index contributed by atoms with van der Waals surface area (Å²) in [7, 11) is 1.64. The van der Waals surface area contributed by atoms with Crippen LogP contribution in [0.5, 0.6) is 5.75 Å². The summed E-state index contributed by atoms with van der Waals surface area (Å²) in [6, 6.07) is 9.83. The van der Waals surface area contributed by atoms with Gasteiger partial charge < -0.3 is 9.30 Å². The number of carbonyl (C=O) groups excluding carboxylic acids is 1. The molecule has 0 spiro atoms. The zero-order valence-corrected chi connectivity index (χ0v) is 18.2. The van der Waals surface area contributed by atoms with Crippen molar-refractivity contribution < 1.29 is 9.53 Å². The van der Waals surface area contributed by atoms with Crippen molar-refractivity contribution in [3.05, 3.63) is 52.9 Å². The second-order valence-corrected chi connectivity index (χ2v) is 8.16. The first-order valence-electron chi connectivity index (χ1n) is 9.75. The fourth-order valence-electron chi connectivity index (χ4n) is 3.56. The number of nitrogens with one attached hydrogen (secondary N) is 1. The molecular weight excluding hydrogens is 398 g/mol. The summed E-state index contributed by atoms with van der Waals surface area (Å²) in [5.74, 6) is 0.462. The van der Waals surface area contributed by atoms with Crippen LogP contribution in [-0.4, -0.2) is 38.6 Å². The first-order chi connectivity index (χ1) is 14.4. The Balaban J connectivity index is 1.70. The minimum Gasteiger partial charge on any atom is -0.497 e. The normalized spacial score (nSPS) is 17.3. The molecule has 3 heterocycles. The number of hydrogen-bond acceptors (Lipinski definition) is 5. The van der Waals surface area contributed by atoms with Gasteiger partial charge in [-0.25, -0.2) is 0 Å². The highest BCUT2D eigenvalue weighted by Crippen LogP contribution is 2.31. The smallest absolute Gasteiger partial charge is 0.283 e. The van der Waals surface area contributed by atoms with Crippen molar-refractivity contribution in [1.29, 1.82) is 5.41 Å². The summed E-state index contributed by atoms with van der Waals surface area (Å²) in [6.45, 7) is 6.09. The van der Waals surface area contributed by atoms with E-state index in [4.69, 9.17) is 10.1 Å². The van der Waals surface area contributed by atoms with E-state index in [2.05, 4.69) is 21.6 Å². The van der Waals surface area contributed by atoms with Gasteiger partial charge in [-0.3, -0.25) is 10.2 Å². The van der Waals surface area contributed by atoms with Gasteiger partial charge in [-0.05, 0) is 80.4 Å². The van der Waals surface area contributed by atoms with Gasteiger partial charge in [0.1, 0.15) is 10.8 Å². The predicted molar refractivity (Wildman–Crippen MR) is 122 cm³/mol. The number of hydrogen-bond donors (Lipinski definition) is 1. The summed E-state index contributed by atoms with van der Waals surface area (Å²) in [4.78, 5) is 16.8. The lowest BCUT2D eigenvalue weighted by Gasteiger charge is -2.20. The molecule has 0 fully saturated rings. The summed E-state index contributed by atoms with van der Waals surface area (Å²) < 4.78 is 7.35. The lowest BCUT2D eigenvalue weighted by Crippen LogP contribution is -2.35. The van der Waals surface area contributed by atoms with Crippen LogP contribution >= 0.6 is 11.8 Å². The molecule has 2 aliphatic heterocycles. The van der Waals surface area contributed by atoms with Crippen LogP contribution in [0.3, 0.4) is 0 Å². The molecule has 1 amide bonds. The highest BCUT2D eigenvalue weighted by Gasteiger charge is 2.35. The topological polar surface area (TPSA) is 83.0 Å². The molecule has 2 aliphatic rings.